The van der Waals surface area contributed by atoms with Crippen molar-refractivity contribution in [1.29, 1.82) is 0 Å². The smallest absolute Gasteiger partial charge is 0.175 e. The average Bonchev–Trinajstić information content (AvgIpc) is 2.42. The molecule has 6 heteroatoms. The van der Waals surface area contributed by atoms with Crippen LogP contribution in [0.1, 0.15) is 5.56 Å². The Morgan fingerprint density at radius 3 is 2.57 bits per heavy atom. The van der Waals surface area contributed by atoms with Gasteiger partial charge in [0.2, 0.25) is 0 Å². The second kappa shape index (κ2) is 6.87. The lowest BCUT2D eigenvalue weighted by molar-refractivity contribution is 0.387. The summed E-state index contributed by atoms with van der Waals surface area (Å²) in [5.74, 6) is -0.242. The van der Waals surface area contributed by atoms with Gasteiger partial charge in [-0.15, -0.1) is 0 Å². The highest BCUT2D eigenvalue weighted by Crippen LogP contribution is 2.22. The Hall–Kier alpha value is -1.66. The Labute approximate surface area is 136 Å². The topological polar surface area (TPSA) is 33.3 Å². The van der Waals surface area contributed by atoms with Crippen LogP contribution in [0.15, 0.2) is 40.9 Å². The Balaban J connectivity index is 2.06. The molecule has 0 heterocycles. The first-order valence-electron chi connectivity index (χ1n) is 6.17. The van der Waals surface area contributed by atoms with Gasteiger partial charge in [-0.25, -0.2) is 4.39 Å². The van der Waals surface area contributed by atoms with Gasteiger partial charge in [-0.05, 0) is 55.0 Å². The Morgan fingerprint density at radius 2 is 1.95 bits per heavy atom. The van der Waals surface area contributed by atoms with Gasteiger partial charge in [0.05, 0.1) is 7.11 Å². The van der Waals surface area contributed by atoms with E-state index in [2.05, 4.69) is 26.6 Å². The van der Waals surface area contributed by atoms with Crippen LogP contribution >= 0.6 is 28.1 Å². The van der Waals surface area contributed by atoms with E-state index >= 15 is 0 Å². The summed E-state index contributed by atoms with van der Waals surface area (Å²) in [7, 11) is 1.42. The normalized spacial score (nSPS) is 10.1. The van der Waals surface area contributed by atoms with Gasteiger partial charge in [-0.3, -0.25) is 0 Å². The molecule has 0 aliphatic rings. The van der Waals surface area contributed by atoms with Gasteiger partial charge in [-0.1, -0.05) is 15.9 Å². The predicted molar refractivity (Wildman–Crippen MR) is 91.7 cm³/mol. The van der Waals surface area contributed by atoms with Crippen LogP contribution in [0.2, 0.25) is 0 Å². The fraction of sp³-hybridized carbons (Fsp3) is 0.133. The molecule has 0 fully saturated rings. The highest BCUT2D eigenvalue weighted by Gasteiger charge is 2.06. The van der Waals surface area contributed by atoms with Crippen molar-refractivity contribution in [1.82, 2.24) is 0 Å². The summed E-state index contributed by atoms with van der Waals surface area (Å²) in [5.41, 5.74) is 2.50. The standard InChI is InChI=1S/C15H14BrFN2OS/c1-9-7-10(16)3-5-13(9)19-15(21)18-11-4-6-14(20-2)12(17)8-11/h3-8H,1-2H3,(H2,18,19,21). The number of anilines is 2. The summed E-state index contributed by atoms with van der Waals surface area (Å²) in [6.07, 6.45) is 0. The molecule has 2 rings (SSSR count). The van der Waals surface area contributed by atoms with Crippen molar-refractivity contribution in [2.45, 2.75) is 6.92 Å². The number of nitrogens with one attached hydrogen (secondary N) is 2. The zero-order valence-electron chi connectivity index (χ0n) is 11.5. The van der Waals surface area contributed by atoms with E-state index in [1.165, 1.54) is 13.2 Å². The van der Waals surface area contributed by atoms with Crippen LogP contribution in [0, 0.1) is 12.7 Å². The van der Waals surface area contributed by atoms with E-state index in [-0.39, 0.29) is 5.75 Å². The minimum absolute atomic E-state index is 0.197. The molecule has 0 atom stereocenters. The van der Waals surface area contributed by atoms with Crippen molar-refractivity contribution in [2.24, 2.45) is 0 Å². The number of halogens is 2. The third kappa shape index (κ3) is 4.15. The number of benzene rings is 2. The van der Waals surface area contributed by atoms with Gasteiger partial charge >= 0.3 is 0 Å². The van der Waals surface area contributed by atoms with Crippen molar-refractivity contribution in [3.05, 3.63) is 52.3 Å². The molecule has 0 saturated heterocycles. The molecule has 110 valence electrons. The monoisotopic (exact) mass is 368 g/mol. The van der Waals surface area contributed by atoms with Gasteiger partial charge < -0.3 is 15.4 Å². The van der Waals surface area contributed by atoms with E-state index in [4.69, 9.17) is 17.0 Å². The highest BCUT2D eigenvalue weighted by atomic mass is 79.9. The summed E-state index contributed by atoms with van der Waals surface area (Å²) < 4.78 is 19.5. The van der Waals surface area contributed by atoms with E-state index in [1.54, 1.807) is 12.1 Å². The molecule has 0 amide bonds. The largest absolute Gasteiger partial charge is 0.494 e. The second-order valence-corrected chi connectivity index (χ2v) is 5.71. The number of hydrogen-bond donors (Lipinski definition) is 2. The molecule has 3 nitrogen and oxygen atoms in total. The van der Waals surface area contributed by atoms with E-state index in [9.17, 15) is 4.39 Å². The van der Waals surface area contributed by atoms with Gasteiger partial charge in [0, 0.05) is 21.9 Å². The quantitative estimate of drug-likeness (QED) is 0.768. The first-order valence-corrected chi connectivity index (χ1v) is 7.37. The zero-order valence-corrected chi connectivity index (χ0v) is 13.9. The van der Waals surface area contributed by atoms with Gasteiger partial charge in [-0.2, -0.15) is 0 Å². The van der Waals surface area contributed by atoms with Crippen LogP contribution in [-0.2, 0) is 0 Å². The maximum Gasteiger partial charge on any atom is 0.175 e. The summed E-state index contributed by atoms with van der Waals surface area (Å²) in [6.45, 7) is 1.97. The maximum absolute atomic E-state index is 13.6. The lowest BCUT2D eigenvalue weighted by atomic mass is 10.2. The first kappa shape index (κ1) is 15.7. The Bertz CT molecular complexity index is 679. The number of thiocarbonyl (C=S) groups is 1. The van der Waals surface area contributed by atoms with Gasteiger partial charge in [0.25, 0.3) is 0 Å². The molecule has 2 N–H and O–H groups in total. The Morgan fingerprint density at radius 1 is 1.19 bits per heavy atom. The average molecular weight is 369 g/mol. The molecule has 2 aromatic carbocycles. The van der Waals surface area contributed by atoms with Gasteiger partial charge in [0.1, 0.15) is 0 Å². The molecule has 2 aromatic rings. The molecule has 0 bridgehead atoms. The molecular weight excluding hydrogens is 355 g/mol. The number of methoxy groups -OCH3 is 1. The molecule has 0 aliphatic carbocycles. The highest BCUT2D eigenvalue weighted by molar-refractivity contribution is 9.10. The van der Waals surface area contributed by atoms with Crippen LogP contribution in [0.3, 0.4) is 0 Å². The first-order chi connectivity index (χ1) is 9.99. The molecule has 0 aromatic heterocycles. The van der Waals surface area contributed by atoms with E-state index in [0.717, 1.165) is 15.7 Å². The summed E-state index contributed by atoms with van der Waals surface area (Å²) >= 11 is 8.64. The van der Waals surface area contributed by atoms with Crippen molar-refractivity contribution in [2.75, 3.05) is 17.7 Å². The lowest BCUT2D eigenvalue weighted by Gasteiger charge is -2.13. The van der Waals surface area contributed by atoms with Crippen molar-refractivity contribution >= 4 is 44.6 Å². The number of rotatable bonds is 3. The van der Waals surface area contributed by atoms with E-state index in [0.29, 0.717) is 10.8 Å². The van der Waals surface area contributed by atoms with Crippen molar-refractivity contribution in [3.8, 4) is 5.75 Å². The summed E-state index contributed by atoms with van der Waals surface area (Å²) in [4.78, 5) is 0. The second-order valence-electron chi connectivity index (χ2n) is 4.39. The fourth-order valence-corrected chi connectivity index (χ4v) is 2.50. The molecule has 0 aliphatic heterocycles. The molecular formula is C15H14BrFN2OS. The maximum atomic E-state index is 13.6. The van der Waals surface area contributed by atoms with Crippen LogP contribution in [0.5, 0.6) is 5.75 Å². The SMILES string of the molecule is COc1ccc(NC(=S)Nc2ccc(Br)cc2C)cc1F. The third-order valence-corrected chi connectivity index (χ3v) is 3.54. The zero-order chi connectivity index (χ0) is 15.4. The minimum atomic E-state index is -0.440. The fourth-order valence-electron chi connectivity index (χ4n) is 1.80. The summed E-state index contributed by atoms with van der Waals surface area (Å²) in [6, 6.07) is 10.4. The van der Waals surface area contributed by atoms with Crippen LogP contribution in [0.4, 0.5) is 15.8 Å². The predicted octanol–water partition coefficient (Wildman–Crippen LogP) is 4.71. The van der Waals surface area contributed by atoms with Crippen molar-refractivity contribution < 1.29 is 9.13 Å². The number of ether oxygens (including phenoxy) is 1. The van der Waals surface area contributed by atoms with Crippen LogP contribution < -0.4 is 15.4 Å². The van der Waals surface area contributed by atoms with Gasteiger partial charge in [0.15, 0.2) is 16.7 Å². The van der Waals surface area contributed by atoms with E-state index in [1.807, 2.05) is 25.1 Å². The van der Waals surface area contributed by atoms with Crippen molar-refractivity contribution in [3.63, 3.8) is 0 Å². The number of hydrogen-bond acceptors (Lipinski definition) is 2. The molecule has 0 saturated carbocycles. The Kier molecular flexibility index (Phi) is 5.14. The lowest BCUT2D eigenvalue weighted by Crippen LogP contribution is -2.19. The summed E-state index contributed by atoms with van der Waals surface area (Å²) in [5, 5.41) is 6.41. The van der Waals surface area contributed by atoms with Crippen LogP contribution in [0.25, 0.3) is 0 Å². The molecule has 0 unspecified atom stereocenters. The third-order valence-electron chi connectivity index (χ3n) is 2.85. The number of aryl methyl sites for hydroxylation is 1. The molecule has 21 heavy (non-hydrogen) atoms. The molecule has 0 spiro atoms. The van der Waals surface area contributed by atoms with Crippen LogP contribution in [-0.4, -0.2) is 12.2 Å². The molecule has 0 radical (unpaired) electrons. The minimum Gasteiger partial charge on any atom is -0.494 e. The van der Waals surface area contributed by atoms with E-state index < -0.39 is 5.82 Å².